The molecular formula is C13H13N3O3S. The molecule has 0 unspecified atom stereocenters. The SMILES string of the molecule is NCC#Cc1cccc(S(=O)(=O)NCc2ccno2)c1. The van der Waals surface area contributed by atoms with E-state index in [1.807, 2.05) is 0 Å². The number of nitrogens with two attached hydrogens (primary N) is 1. The van der Waals surface area contributed by atoms with Crippen LogP contribution in [0.3, 0.4) is 0 Å². The Morgan fingerprint density at radius 3 is 2.90 bits per heavy atom. The number of hydrogen-bond donors (Lipinski definition) is 2. The Morgan fingerprint density at radius 2 is 2.20 bits per heavy atom. The summed E-state index contributed by atoms with van der Waals surface area (Å²) in [5.74, 6) is 5.91. The van der Waals surface area contributed by atoms with Gasteiger partial charge in [0, 0.05) is 11.6 Å². The van der Waals surface area contributed by atoms with Gasteiger partial charge in [0.1, 0.15) is 0 Å². The smallest absolute Gasteiger partial charge is 0.241 e. The zero-order valence-corrected chi connectivity index (χ0v) is 11.4. The average molecular weight is 291 g/mol. The second-order valence-electron chi connectivity index (χ2n) is 3.84. The van der Waals surface area contributed by atoms with Crippen LogP contribution in [0.5, 0.6) is 0 Å². The third-order valence-corrected chi connectivity index (χ3v) is 3.81. The molecule has 1 aromatic carbocycles. The lowest BCUT2D eigenvalue weighted by Crippen LogP contribution is -2.23. The molecule has 6 nitrogen and oxygen atoms in total. The molecule has 0 saturated carbocycles. The number of nitrogens with zero attached hydrogens (tertiary/aromatic N) is 1. The van der Waals surface area contributed by atoms with Gasteiger partial charge in [0.05, 0.1) is 24.2 Å². The van der Waals surface area contributed by atoms with Crippen molar-refractivity contribution in [1.29, 1.82) is 0 Å². The van der Waals surface area contributed by atoms with Crippen molar-refractivity contribution in [2.75, 3.05) is 6.54 Å². The first-order valence-electron chi connectivity index (χ1n) is 5.80. The summed E-state index contributed by atoms with van der Waals surface area (Å²) >= 11 is 0. The van der Waals surface area contributed by atoms with Gasteiger partial charge in [0.25, 0.3) is 0 Å². The van der Waals surface area contributed by atoms with Gasteiger partial charge in [-0.05, 0) is 18.2 Å². The summed E-state index contributed by atoms with van der Waals surface area (Å²) in [7, 11) is -3.62. The molecule has 0 bridgehead atoms. The molecule has 0 aliphatic carbocycles. The molecule has 0 aliphatic rings. The first kappa shape index (κ1) is 14.3. The molecule has 0 radical (unpaired) electrons. The Labute approximate surface area is 117 Å². The molecule has 7 heteroatoms. The van der Waals surface area contributed by atoms with Gasteiger partial charge < -0.3 is 10.3 Å². The van der Waals surface area contributed by atoms with E-state index < -0.39 is 10.0 Å². The van der Waals surface area contributed by atoms with Crippen molar-refractivity contribution in [2.45, 2.75) is 11.4 Å². The lowest BCUT2D eigenvalue weighted by Gasteiger charge is -2.05. The van der Waals surface area contributed by atoms with Crippen LogP contribution in [-0.2, 0) is 16.6 Å². The maximum absolute atomic E-state index is 12.1. The van der Waals surface area contributed by atoms with E-state index in [1.54, 1.807) is 18.2 Å². The van der Waals surface area contributed by atoms with Crippen molar-refractivity contribution < 1.29 is 12.9 Å². The summed E-state index contributed by atoms with van der Waals surface area (Å²) in [6.07, 6.45) is 1.45. The van der Waals surface area contributed by atoms with E-state index in [-0.39, 0.29) is 18.0 Å². The number of sulfonamides is 1. The summed E-state index contributed by atoms with van der Waals surface area (Å²) in [4.78, 5) is 0.140. The van der Waals surface area contributed by atoms with Crippen LogP contribution in [0.25, 0.3) is 0 Å². The minimum atomic E-state index is -3.62. The zero-order valence-electron chi connectivity index (χ0n) is 10.5. The van der Waals surface area contributed by atoms with Crippen molar-refractivity contribution in [3.63, 3.8) is 0 Å². The standard InChI is InChI=1S/C13H13N3O3S/c14-7-2-4-11-3-1-5-13(9-11)20(17,18)16-10-12-6-8-15-19-12/h1,3,5-6,8-9,16H,7,10,14H2. The van der Waals surface area contributed by atoms with Crippen molar-refractivity contribution in [1.82, 2.24) is 9.88 Å². The lowest BCUT2D eigenvalue weighted by atomic mass is 10.2. The van der Waals surface area contributed by atoms with E-state index in [9.17, 15) is 8.42 Å². The van der Waals surface area contributed by atoms with E-state index in [0.717, 1.165) is 0 Å². The Hall–Kier alpha value is -2.14. The number of aromatic nitrogens is 1. The van der Waals surface area contributed by atoms with Crippen molar-refractivity contribution in [3.8, 4) is 11.8 Å². The Bertz CT molecular complexity index is 728. The van der Waals surface area contributed by atoms with E-state index in [1.165, 1.54) is 18.3 Å². The third-order valence-electron chi connectivity index (χ3n) is 2.41. The van der Waals surface area contributed by atoms with Crippen LogP contribution in [0, 0.1) is 11.8 Å². The molecule has 0 atom stereocenters. The van der Waals surface area contributed by atoms with Crippen LogP contribution in [0.1, 0.15) is 11.3 Å². The van der Waals surface area contributed by atoms with E-state index >= 15 is 0 Å². The molecule has 1 heterocycles. The number of rotatable bonds is 4. The van der Waals surface area contributed by atoms with Gasteiger partial charge >= 0.3 is 0 Å². The molecule has 20 heavy (non-hydrogen) atoms. The minimum Gasteiger partial charge on any atom is -0.360 e. The summed E-state index contributed by atoms with van der Waals surface area (Å²) in [5.41, 5.74) is 5.88. The van der Waals surface area contributed by atoms with Crippen molar-refractivity contribution >= 4 is 10.0 Å². The summed E-state index contributed by atoms with van der Waals surface area (Å²) in [6.45, 7) is 0.266. The Kier molecular flexibility index (Phi) is 4.53. The molecule has 0 saturated heterocycles. The average Bonchev–Trinajstić information content (AvgIpc) is 2.97. The summed E-state index contributed by atoms with van der Waals surface area (Å²) < 4.78 is 31.5. The fourth-order valence-electron chi connectivity index (χ4n) is 1.48. The van der Waals surface area contributed by atoms with Gasteiger partial charge in [-0.25, -0.2) is 13.1 Å². The quantitative estimate of drug-likeness (QED) is 0.798. The highest BCUT2D eigenvalue weighted by Gasteiger charge is 2.14. The lowest BCUT2D eigenvalue weighted by molar-refractivity contribution is 0.380. The van der Waals surface area contributed by atoms with E-state index in [2.05, 4.69) is 21.7 Å². The van der Waals surface area contributed by atoms with Crippen LogP contribution in [0.4, 0.5) is 0 Å². The highest BCUT2D eigenvalue weighted by Crippen LogP contribution is 2.11. The predicted molar refractivity (Wildman–Crippen MR) is 72.9 cm³/mol. The minimum absolute atomic E-state index is 0.0427. The van der Waals surface area contributed by atoms with Gasteiger partial charge in [0.2, 0.25) is 10.0 Å². The van der Waals surface area contributed by atoms with E-state index in [4.69, 9.17) is 10.3 Å². The zero-order chi connectivity index (χ0) is 14.4. The van der Waals surface area contributed by atoms with Crippen LogP contribution < -0.4 is 10.5 Å². The summed E-state index contributed by atoms with van der Waals surface area (Å²) in [6, 6.07) is 7.93. The molecule has 0 amide bonds. The molecule has 3 N–H and O–H groups in total. The number of benzene rings is 1. The molecule has 2 aromatic rings. The molecule has 104 valence electrons. The largest absolute Gasteiger partial charge is 0.360 e. The molecule has 0 spiro atoms. The third kappa shape index (κ3) is 3.68. The van der Waals surface area contributed by atoms with Crippen LogP contribution in [0.2, 0.25) is 0 Å². The maximum atomic E-state index is 12.1. The van der Waals surface area contributed by atoms with E-state index in [0.29, 0.717) is 11.3 Å². The molecular weight excluding hydrogens is 278 g/mol. The topological polar surface area (TPSA) is 98.2 Å². The fourth-order valence-corrected chi connectivity index (χ4v) is 2.52. The highest BCUT2D eigenvalue weighted by atomic mass is 32.2. The van der Waals surface area contributed by atoms with Crippen molar-refractivity contribution in [2.24, 2.45) is 5.73 Å². The monoisotopic (exact) mass is 291 g/mol. The molecule has 2 rings (SSSR count). The fraction of sp³-hybridized carbons (Fsp3) is 0.154. The maximum Gasteiger partial charge on any atom is 0.241 e. The second-order valence-corrected chi connectivity index (χ2v) is 5.60. The number of hydrogen-bond acceptors (Lipinski definition) is 5. The van der Waals surface area contributed by atoms with Crippen LogP contribution in [0.15, 0.2) is 45.9 Å². The Morgan fingerprint density at radius 1 is 1.35 bits per heavy atom. The molecule has 0 fully saturated rings. The van der Waals surface area contributed by atoms with Crippen LogP contribution >= 0.6 is 0 Å². The van der Waals surface area contributed by atoms with Gasteiger partial charge in [-0.2, -0.15) is 0 Å². The number of nitrogens with one attached hydrogen (secondary N) is 1. The first-order valence-corrected chi connectivity index (χ1v) is 7.28. The Balaban J connectivity index is 2.16. The molecule has 0 aliphatic heterocycles. The van der Waals surface area contributed by atoms with Gasteiger partial charge in [-0.1, -0.05) is 23.1 Å². The van der Waals surface area contributed by atoms with Gasteiger partial charge in [-0.15, -0.1) is 0 Å². The first-order chi connectivity index (χ1) is 9.62. The highest BCUT2D eigenvalue weighted by molar-refractivity contribution is 7.89. The second kappa shape index (κ2) is 6.34. The van der Waals surface area contributed by atoms with Crippen LogP contribution in [-0.4, -0.2) is 20.1 Å². The van der Waals surface area contributed by atoms with Gasteiger partial charge in [0.15, 0.2) is 5.76 Å². The van der Waals surface area contributed by atoms with Gasteiger partial charge in [-0.3, -0.25) is 0 Å². The molecule has 1 aromatic heterocycles. The predicted octanol–water partition coefficient (Wildman–Crippen LogP) is 0.463. The normalized spacial score (nSPS) is 10.8. The van der Waals surface area contributed by atoms with Crippen molar-refractivity contribution in [3.05, 3.63) is 47.9 Å². The summed E-state index contributed by atoms with van der Waals surface area (Å²) in [5, 5.41) is 3.50.